The van der Waals surface area contributed by atoms with Crippen molar-refractivity contribution in [3.63, 3.8) is 0 Å². The first-order chi connectivity index (χ1) is 13.2. The number of non-ortho nitro benzene ring substituents is 1. The van der Waals surface area contributed by atoms with Gasteiger partial charge in [-0.1, -0.05) is 31.5 Å². The Morgan fingerprint density at radius 1 is 1.18 bits per heavy atom. The smallest absolute Gasteiger partial charge is 0.270 e. The Hall–Kier alpha value is -2.58. The molecular formula is C19H20ClN3O4S. The molecule has 148 valence electrons. The summed E-state index contributed by atoms with van der Waals surface area (Å²) < 4.78 is 0. The molecule has 0 fully saturated rings. The third-order valence-corrected chi connectivity index (χ3v) is 5.02. The molecule has 0 spiro atoms. The van der Waals surface area contributed by atoms with Crippen LogP contribution in [0.15, 0.2) is 47.4 Å². The Kier molecular flexibility index (Phi) is 7.42. The van der Waals surface area contributed by atoms with Crippen molar-refractivity contribution in [2.75, 3.05) is 11.6 Å². The van der Waals surface area contributed by atoms with E-state index in [1.165, 1.54) is 12.1 Å². The fraction of sp³-hybridized carbons (Fsp3) is 0.263. The summed E-state index contributed by atoms with van der Waals surface area (Å²) in [6, 6.07) is 10.1. The van der Waals surface area contributed by atoms with Crippen LogP contribution in [0.4, 0.5) is 11.4 Å². The zero-order chi connectivity index (χ0) is 20.8. The molecule has 2 aromatic rings. The number of hydrogen-bond donors (Lipinski definition) is 2. The highest BCUT2D eigenvalue weighted by atomic mass is 35.5. The number of nitrogens with one attached hydrogen (secondary N) is 2. The molecule has 0 aromatic heterocycles. The summed E-state index contributed by atoms with van der Waals surface area (Å²) in [7, 11) is 0. The van der Waals surface area contributed by atoms with Gasteiger partial charge in [-0.25, -0.2) is 0 Å². The molecule has 0 radical (unpaired) electrons. The quantitative estimate of drug-likeness (QED) is 0.393. The average Bonchev–Trinajstić information content (AvgIpc) is 2.65. The van der Waals surface area contributed by atoms with Crippen molar-refractivity contribution < 1.29 is 14.5 Å². The summed E-state index contributed by atoms with van der Waals surface area (Å²) in [5.74, 6) is -1.13. The second-order valence-corrected chi connectivity index (χ2v) is 7.62. The lowest BCUT2D eigenvalue weighted by atomic mass is 10.0. The summed E-state index contributed by atoms with van der Waals surface area (Å²) in [5.41, 5.74) is 0.480. The maximum atomic E-state index is 12.7. The van der Waals surface area contributed by atoms with E-state index in [4.69, 9.17) is 11.6 Å². The van der Waals surface area contributed by atoms with Crippen molar-refractivity contribution in [3.8, 4) is 0 Å². The van der Waals surface area contributed by atoms with Crippen LogP contribution >= 0.6 is 23.4 Å². The highest BCUT2D eigenvalue weighted by molar-refractivity contribution is 7.98. The van der Waals surface area contributed by atoms with Crippen molar-refractivity contribution in [2.24, 2.45) is 5.92 Å². The number of carbonyl (C=O) groups is 2. The van der Waals surface area contributed by atoms with E-state index in [2.05, 4.69) is 10.6 Å². The van der Waals surface area contributed by atoms with Gasteiger partial charge in [0.1, 0.15) is 6.04 Å². The van der Waals surface area contributed by atoms with Crippen molar-refractivity contribution in [3.05, 3.63) is 63.2 Å². The van der Waals surface area contributed by atoms with Gasteiger partial charge in [0, 0.05) is 22.7 Å². The Balaban J connectivity index is 2.16. The molecule has 9 heteroatoms. The average molecular weight is 422 g/mol. The molecule has 0 bridgehead atoms. The summed E-state index contributed by atoms with van der Waals surface area (Å²) in [5, 5.41) is 16.2. The number of anilines is 1. The van der Waals surface area contributed by atoms with Crippen LogP contribution in [-0.2, 0) is 4.79 Å². The van der Waals surface area contributed by atoms with Crippen LogP contribution in [0, 0.1) is 16.0 Å². The Morgan fingerprint density at radius 2 is 1.89 bits per heavy atom. The maximum absolute atomic E-state index is 12.7. The number of nitro benzene ring substituents is 1. The minimum Gasteiger partial charge on any atom is -0.340 e. The number of benzene rings is 2. The fourth-order valence-corrected chi connectivity index (χ4v) is 3.20. The normalized spacial score (nSPS) is 11.8. The summed E-state index contributed by atoms with van der Waals surface area (Å²) >= 11 is 7.56. The first-order valence-electron chi connectivity index (χ1n) is 8.42. The van der Waals surface area contributed by atoms with Gasteiger partial charge < -0.3 is 10.6 Å². The molecule has 0 aliphatic heterocycles. The molecule has 0 aliphatic rings. The van der Waals surface area contributed by atoms with E-state index in [9.17, 15) is 19.7 Å². The first-order valence-corrected chi connectivity index (χ1v) is 10.0. The minimum absolute atomic E-state index is 0.0534. The minimum atomic E-state index is -0.809. The third kappa shape index (κ3) is 5.46. The molecule has 28 heavy (non-hydrogen) atoms. The molecule has 2 amide bonds. The van der Waals surface area contributed by atoms with Crippen molar-refractivity contribution >= 4 is 46.6 Å². The van der Waals surface area contributed by atoms with Gasteiger partial charge in [-0.2, -0.15) is 0 Å². The molecule has 2 rings (SSSR count). The van der Waals surface area contributed by atoms with Crippen LogP contribution in [0.25, 0.3) is 0 Å². The molecular weight excluding hydrogens is 402 g/mol. The number of amides is 2. The second-order valence-electron chi connectivity index (χ2n) is 6.34. The van der Waals surface area contributed by atoms with Gasteiger partial charge >= 0.3 is 0 Å². The monoisotopic (exact) mass is 421 g/mol. The number of carbonyl (C=O) groups excluding carboxylic acids is 2. The van der Waals surface area contributed by atoms with Gasteiger partial charge in [-0.15, -0.1) is 11.8 Å². The molecule has 0 aliphatic carbocycles. The molecule has 7 nitrogen and oxygen atoms in total. The highest BCUT2D eigenvalue weighted by Gasteiger charge is 2.26. The van der Waals surface area contributed by atoms with Gasteiger partial charge in [-0.05, 0) is 36.4 Å². The Labute approximate surface area is 172 Å². The van der Waals surface area contributed by atoms with Crippen molar-refractivity contribution in [1.82, 2.24) is 5.32 Å². The molecule has 0 saturated carbocycles. The van der Waals surface area contributed by atoms with E-state index in [-0.39, 0.29) is 28.1 Å². The number of hydrogen-bond acceptors (Lipinski definition) is 5. The van der Waals surface area contributed by atoms with E-state index in [1.807, 2.05) is 24.5 Å². The van der Waals surface area contributed by atoms with Crippen molar-refractivity contribution in [2.45, 2.75) is 24.8 Å². The van der Waals surface area contributed by atoms with Crippen LogP contribution in [0.3, 0.4) is 0 Å². The lowest BCUT2D eigenvalue weighted by molar-refractivity contribution is -0.384. The third-order valence-electron chi connectivity index (χ3n) is 3.98. The predicted molar refractivity (Wildman–Crippen MR) is 111 cm³/mol. The zero-order valence-electron chi connectivity index (χ0n) is 15.6. The lowest BCUT2D eigenvalue weighted by Crippen LogP contribution is -2.47. The maximum Gasteiger partial charge on any atom is 0.270 e. The SMILES string of the molecule is CSc1cccc(NC(=O)C(NC(=O)c2ccc([N+](=O)[O-])cc2Cl)C(C)C)c1. The second kappa shape index (κ2) is 9.57. The zero-order valence-corrected chi connectivity index (χ0v) is 17.1. The summed E-state index contributed by atoms with van der Waals surface area (Å²) in [4.78, 5) is 36.5. The predicted octanol–water partition coefficient (Wildman–Crippen LogP) is 4.36. The van der Waals surface area contributed by atoms with E-state index < -0.39 is 16.9 Å². The fourth-order valence-electron chi connectivity index (χ4n) is 2.48. The topological polar surface area (TPSA) is 101 Å². The van der Waals surface area contributed by atoms with Crippen LogP contribution in [-0.4, -0.2) is 29.0 Å². The number of halogens is 1. The van der Waals surface area contributed by atoms with E-state index in [0.29, 0.717) is 5.69 Å². The van der Waals surface area contributed by atoms with Crippen LogP contribution in [0.5, 0.6) is 0 Å². The molecule has 1 atom stereocenters. The molecule has 2 aromatic carbocycles. The molecule has 0 saturated heterocycles. The number of rotatable bonds is 7. The largest absolute Gasteiger partial charge is 0.340 e. The van der Waals surface area contributed by atoms with E-state index in [0.717, 1.165) is 11.0 Å². The number of nitro groups is 1. The molecule has 1 unspecified atom stereocenters. The first kappa shape index (κ1) is 21.7. The van der Waals surface area contributed by atoms with Crippen LogP contribution < -0.4 is 10.6 Å². The van der Waals surface area contributed by atoms with E-state index in [1.54, 1.807) is 31.7 Å². The van der Waals surface area contributed by atoms with Gasteiger partial charge in [0.15, 0.2) is 0 Å². The highest BCUT2D eigenvalue weighted by Crippen LogP contribution is 2.23. The Bertz CT molecular complexity index is 904. The summed E-state index contributed by atoms with van der Waals surface area (Å²) in [6.07, 6.45) is 1.94. The lowest BCUT2D eigenvalue weighted by Gasteiger charge is -2.22. The van der Waals surface area contributed by atoms with Gasteiger partial charge in [-0.3, -0.25) is 19.7 Å². The van der Waals surface area contributed by atoms with Gasteiger partial charge in [0.25, 0.3) is 11.6 Å². The standard InChI is InChI=1S/C19H20ClN3O4S/c1-11(2)17(19(25)21-12-5-4-6-14(9-12)28-3)22-18(24)15-8-7-13(23(26)27)10-16(15)20/h4-11,17H,1-3H3,(H,21,25)(H,22,24). The van der Waals surface area contributed by atoms with Crippen molar-refractivity contribution in [1.29, 1.82) is 0 Å². The van der Waals surface area contributed by atoms with E-state index >= 15 is 0 Å². The molecule has 0 heterocycles. The van der Waals surface area contributed by atoms with Crippen LogP contribution in [0.1, 0.15) is 24.2 Å². The Morgan fingerprint density at radius 3 is 2.46 bits per heavy atom. The molecule has 2 N–H and O–H groups in total. The van der Waals surface area contributed by atoms with Gasteiger partial charge in [0.05, 0.1) is 15.5 Å². The van der Waals surface area contributed by atoms with Crippen LogP contribution in [0.2, 0.25) is 5.02 Å². The summed E-state index contributed by atoms with van der Waals surface area (Å²) in [6.45, 7) is 3.61. The number of thioether (sulfide) groups is 1. The van der Waals surface area contributed by atoms with Gasteiger partial charge in [0.2, 0.25) is 5.91 Å². The number of nitrogens with zero attached hydrogens (tertiary/aromatic N) is 1.